The first-order valence-corrected chi connectivity index (χ1v) is 7.63. The lowest BCUT2D eigenvalue weighted by Gasteiger charge is -2.32. The Morgan fingerprint density at radius 3 is 2.65 bits per heavy atom. The number of nitrogens with zero attached hydrogens (tertiary/aromatic N) is 3. The highest BCUT2D eigenvalue weighted by molar-refractivity contribution is 5.94. The Morgan fingerprint density at radius 1 is 1.22 bits per heavy atom. The van der Waals surface area contributed by atoms with Crippen LogP contribution >= 0.6 is 0 Å². The molecule has 3 rings (SSSR count). The van der Waals surface area contributed by atoms with Crippen LogP contribution in [-0.4, -0.2) is 47.1 Å². The number of hydrogen-bond acceptors (Lipinski definition) is 5. The molecule has 1 aliphatic heterocycles. The van der Waals surface area contributed by atoms with E-state index in [1.54, 1.807) is 49.8 Å². The van der Waals surface area contributed by atoms with Gasteiger partial charge in [0.05, 0.1) is 13.7 Å². The van der Waals surface area contributed by atoms with E-state index in [4.69, 9.17) is 9.47 Å². The summed E-state index contributed by atoms with van der Waals surface area (Å²) in [5.41, 5.74) is 0.655. The van der Waals surface area contributed by atoms with Gasteiger partial charge in [-0.25, -0.2) is 9.97 Å². The van der Waals surface area contributed by atoms with Gasteiger partial charge in [-0.3, -0.25) is 4.79 Å². The number of likely N-dealkylation sites (tertiary alicyclic amines) is 1. The number of carbonyl (C=O) groups is 1. The second-order valence-electron chi connectivity index (χ2n) is 5.39. The van der Waals surface area contributed by atoms with E-state index >= 15 is 0 Å². The fourth-order valence-corrected chi connectivity index (χ4v) is 2.63. The molecule has 0 saturated carbocycles. The highest BCUT2D eigenvalue weighted by Gasteiger charge is 2.26. The fraction of sp³-hybridized carbons (Fsp3) is 0.353. The zero-order valence-electron chi connectivity index (χ0n) is 13.0. The van der Waals surface area contributed by atoms with Crippen molar-refractivity contribution in [2.45, 2.75) is 18.9 Å². The minimum Gasteiger partial charge on any atom is -0.497 e. The van der Waals surface area contributed by atoms with Gasteiger partial charge in [0.25, 0.3) is 5.91 Å². The largest absolute Gasteiger partial charge is 0.497 e. The van der Waals surface area contributed by atoms with Crippen LogP contribution in [0.25, 0.3) is 0 Å². The molecule has 23 heavy (non-hydrogen) atoms. The van der Waals surface area contributed by atoms with Crippen LogP contribution in [-0.2, 0) is 0 Å². The Labute approximate surface area is 135 Å². The zero-order valence-corrected chi connectivity index (χ0v) is 13.0. The monoisotopic (exact) mass is 313 g/mol. The van der Waals surface area contributed by atoms with Gasteiger partial charge in [-0.15, -0.1) is 0 Å². The summed E-state index contributed by atoms with van der Waals surface area (Å²) in [6, 6.07) is 9.26. The maximum atomic E-state index is 12.6. The lowest BCUT2D eigenvalue weighted by atomic mass is 10.1. The molecule has 1 amide bonds. The molecular weight excluding hydrogens is 294 g/mol. The van der Waals surface area contributed by atoms with Crippen LogP contribution in [0.2, 0.25) is 0 Å². The topological polar surface area (TPSA) is 64.5 Å². The molecule has 1 saturated heterocycles. The van der Waals surface area contributed by atoms with Gasteiger partial charge in [0, 0.05) is 24.5 Å². The normalized spacial score (nSPS) is 17.6. The van der Waals surface area contributed by atoms with E-state index in [0.717, 1.165) is 25.1 Å². The number of rotatable bonds is 4. The van der Waals surface area contributed by atoms with Crippen LogP contribution in [0.4, 0.5) is 0 Å². The molecule has 0 bridgehead atoms. The van der Waals surface area contributed by atoms with Crippen molar-refractivity contribution in [3.8, 4) is 11.8 Å². The number of piperidine rings is 1. The molecule has 1 atom stereocenters. The summed E-state index contributed by atoms with van der Waals surface area (Å²) in [6.07, 6.45) is 5.01. The summed E-state index contributed by atoms with van der Waals surface area (Å²) in [4.78, 5) is 22.6. The molecule has 1 fully saturated rings. The minimum absolute atomic E-state index is 0.00920. The number of carbonyl (C=O) groups excluding carboxylic acids is 1. The van der Waals surface area contributed by atoms with Gasteiger partial charge in [0.2, 0.25) is 0 Å². The fourth-order valence-electron chi connectivity index (χ4n) is 2.63. The van der Waals surface area contributed by atoms with Crippen molar-refractivity contribution < 1.29 is 14.3 Å². The van der Waals surface area contributed by atoms with E-state index in [0.29, 0.717) is 18.1 Å². The third-order valence-corrected chi connectivity index (χ3v) is 3.82. The lowest BCUT2D eigenvalue weighted by molar-refractivity contribution is 0.0516. The molecule has 1 aromatic heterocycles. The highest BCUT2D eigenvalue weighted by Crippen LogP contribution is 2.18. The molecule has 6 nitrogen and oxygen atoms in total. The molecule has 2 aromatic rings. The Hall–Kier alpha value is -2.63. The van der Waals surface area contributed by atoms with Crippen LogP contribution in [0, 0.1) is 0 Å². The average Bonchev–Trinajstić information content (AvgIpc) is 2.62. The number of hydrogen-bond donors (Lipinski definition) is 0. The van der Waals surface area contributed by atoms with Gasteiger partial charge in [-0.05, 0) is 43.2 Å². The molecule has 0 aliphatic carbocycles. The summed E-state index contributed by atoms with van der Waals surface area (Å²) in [5, 5.41) is 0. The van der Waals surface area contributed by atoms with Crippen molar-refractivity contribution in [2.24, 2.45) is 0 Å². The third kappa shape index (κ3) is 3.77. The number of ether oxygens (including phenoxy) is 2. The molecule has 1 unspecified atom stereocenters. The molecule has 0 spiro atoms. The van der Waals surface area contributed by atoms with Gasteiger partial charge >= 0.3 is 6.01 Å². The van der Waals surface area contributed by atoms with E-state index in [1.165, 1.54) is 0 Å². The van der Waals surface area contributed by atoms with Gasteiger partial charge in [-0.1, -0.05) is 0 Å². The third-order valence-electron chi connectivity index (χ3n) is 3.82. The Morgan fingerprint density at radius 2 is 1.96 bits per heavy atom. The highest BCUT2D eigenvalue weighted by atomic mass is 16.5. The molecule has 6 heteroatoms. The van der Waals surface area contributed by atoms with Crippen LogP contribution in [0.3, 0.4) is 0 Å². The second-order valence-corrected chi connectivity index (χ2v) is 5.39. The predicted octanol–water partition coefficient (Wildman–Crippen LogP) is 2.17. The summed E-state index contributed by atoms with van der Waals surface area (Å²) in [7, 11) is 1.61. The van der Waals surface area contributed by atoms with E-state index in [1.807, 2.05) is 4.90 Å². The summed E-state index contributed by atoms with van der Waals surface area (Å²) >= 11 is 0. The molecule has 0 radical (unpaired) electrons. The minimum atomic E-state index is -0.0756. The Bertz CT molecular complexity index is 646. The Kier molecular flexibility index (Phi) is 4.71. The van der Waals surface area contributed by atoms with Crippen molar-refractivity contribution >= 4 is 5.91 Å². The van der Waals surface area contributed by atoms with E-state index < -0.39 is 0 Å². The van der Waals surface area contributed by atoms with Crippen LogP contribution in [0.5, 0.6) is 11.8 Å². The molecule has 120 valence electrons. The van der Waals surface area contributed by atoms with Gasteiger partial charge < -0.3 is 14.4 Å². The van der Waals surface area contributed by atoms with E-state index in [2.05, 4.69) is 9.97 Å². The summed E-state index contributed by atoms with van der Waals surface area (Å²) in [6.45, 7) is 1.28. The van der Waals surface area contributed by atoms with E-state index in [9.17, 15) is 4.79 Å². The first-order valence-electron chi connectivity index (χ1n) is 7.63. The standard InChI is InChI=1S/C17H19N3O3/c1-22-14-7-5-13(6-8-14)16(21)20-11-2-4-15(12-20)23-17-18-9-3-10-19-17/h3,5-10,15H,2,4,11-12H2,1H3. The quantitative estimate of drug-likeness (QED) is 0.865. The number of methoxy groups -OCH3 is 1. The van der Waals surface area contributed by atoms with Crippen LogP contribution in [0.15, 0.2) is 42.7 Å². The average molecular weight is 313 g/mol. The van der Waals surface area contributed by atoms with Crippen LogP contribution in [0.1, 0.15) is 23.2 Å². The summed E-state index contributed by atoms with van der Waals surface area (Å²) < 4.78 is 10.9. The van der Waals surface area contributed by atoms with Gasteiger partial charge in [0.1, 0.15) is 11.9 Å². The number of amides is 1. The lowest BCUT2D eigenvalue weighted by Crippen LogP contribution is -2.44. The summed E-state index contributed by atoms with van der Waals surface area (Å²) in [5.74, 6) is 0.748. The van der Waals surface area contributed by atoms with Crippen molar-refractivity contribution in [3.05, 3.63) is 48.3 Å². The van der Waals surface area contributed by atoms with Crippen LogP contribution < -0.4 is 9.47 Å². The molecule has 0 N–H and O–H groups in total. The van der Waals surface area contributed by atoms with Gasteiger partial charge in [-0.2, -0.15) is 0 Å². The maximum absolute atomic E-state index is 12.6. The zero-order chi connectivity index (χ0) is 16.1. The first kappa shape index (κ1) is 15.3. The predicted molar refractivity (Wildman–Crippen MR) is 84.6 cm³/mol. The van der Waals surface area contributed by atoms with Crippen molar-refractivity contribution in [2.75, 3.05) is 20.2 Å². The SMILES string of the molecule is COc1ccc(C(=O)N2CCCC(Oc3ncccn3)C2)cc1. The van der Waals surface area contributed by atoms with Crippen molar-refractivity contribution in [3.63, 3.8) is 0 Å². The molecule has 2 heterocycles. The number of benzene rings is 1. The molecule has 1 aromatic carbocycles. The molecular formula is C17H19N3O3. The number of aromatic nitrogens is 2. The van der Waals surface area contributed by atoms with E-state index in [-0.39, 0.29) is 12.0 Å². The maximum Gasteiger partial charge on any atom is 0.316 e. The van der Waals surface area contributed by atoms with Gasteiger partial charge in [0.15, 0.2) is 0 Å². The molecule has 1 aliphatic rings. The second kappa shape index (κ2) is 7.09. The Balaban J connectivity index is 1.64. The van der Waals surface area contributed by atoms with Crippen molar-refractivity contribution in [1.82, 2.24) is 14.9 Å². The smallest absolute Gasteiger partial charge is 0.316 e. The van der Waals surface area contributed by atoms with Crippen molar-refractivity contribution in [1.29, 1.82) is 0 Å². The first-order chi connectivity index (χ1) is 11.3.